The first kappa shape index (κ1) is 15.8. The van der Waals surface area contributed by atoms with E-state index in [0.29, 0.717) is 18.7 Å². The van der Waals surface area contributed by atoms with E-state index >= 15 is 0 Å². The second-order valence-electron chi connectivity index (χ2n) is 5.47. The summed E-state index contributed by atoms with van der Waals surface area (Å²) >= 11 is 1.47. The number of hydrogen-bond donors (Lipinski definition) is 1. The van der Waals surface area contributed by atoms with Gasteiger partial charge in [-0.05, 0) is 25.5 Å². The second-order valence-corrected chi connectivity index (χ2v) is 6.33. The highest BCUT2D eigenvalue weighted by Crippen LogP contribution is 2.22. The van der Waals surface area contributed by atoms with Gasteiger partial charge in [-0.1, -0.05) is 6.07 Å². The van der Waals surface area contributed by atoms with Crippen LogP contribution < -0.4 is 5.32 Å². The van der Waals surface area contributed by atoms with Crippen LogP contribution in [0.3, 0.4) is 0 Å². The molecule has 0 aliphatic carbocycles. The summed E-state index contributed by atoms with van der Waals surface area (Å²) in [5, 5.41) is 5.69. The molecule has 2 atom stereocenters. The first-order valence-electron chi connectivity index (χ1n) is 7.40. The summed E-state index contributed by atoms with van der Waals surface area (Å²) in [6, 6.07) is 5.24. The molecule has 1 fully saturated rings. The lowest BCUT2D eigenvalue weighted by molar-refractivity contribution is -0.147. The van der Waals surface area contributed by atoms with Gasteiger partial charge < -0.3 is 10.1 Å². The molecular weight excluding hydrogens is 314 g/mol. The molecule has 2 unspecified atom stereocenters. The van der Waals surface area contributed by atoms with E-state index in [9.17, 15) is 9.59 Å². The van der Waals surface area contributed by atoms with Crippen molar-refractivity contribution in [3.05, 3.63) is 35.5 Å². The Morgan fingerprint density at radius 3 is 3.00 bits per heavy atom. The van der Waals surface area contributed by atoms with Crippen LogP contribution in [-0.4, -0.2) is 34.3 Å². The van der Waals surface area contributed by atoms with Gasteiger partial charge in [0, 0.05) is 24.0 Å². The Morgan fingerprint density at radius 2 is 2.30 bits per heavy atom. The zero-order chi connectivity index (χ0) is 16.2. The minimum Gasteiger partial charge on any atom is -0.458 e. The molecule has 0 bridgehead atoms. The predicted octanol–water partition coefficient (Wildman–Crippen LogP) is 1.82. The minimum absolute atomic E-state index is 0.0948. The summed E-state index contributed by atoms with van der Waals surface area (Å²) in [6.07, 6.45) is 2.22. The number of ketones is 1. The molecule has 1 N–H and O–H groups in total. The number of carbonyl (C=O) groups excluding carboxylic acids is 2. The van der Waals surface area contributed by atoms with Crippen LogP contribution >= 0.6 is 11.3 Å². The Bertz CT molecular complexity index is 702. The largest absolute Gasteiger partial charge is 0.458 e. The van der Waals surface area contributed by atoms with Crippen molar-refractivity contribution in [3.63, 3.8) is 0 Å². The average Bonchev–Trinajstić information content (AvgIpc) is 3.23. The standard InChI is InChI=1S/C16H17N3O3S/c1-10(20)11-6-14(18-7-11)16(21)22-8-12-9-23-15(19-12)13-4-2-3-5-17-13/h2-5,9,11,14,18H,6-8H2,1H3. The van der Waals surface area contributed by atoms with Crippen molar-refractivity contribution >= 4 is 23.1 Å². The Hall–Kier alpha value is -2.12. The van der Waals surface area contributed by atoms with Gasteiger partial charge in [-0.15, -0.1) is 11.3 Å². The molecule has 1 saturated heterocycles. The third-order valence-corrected chi connectivity index (χ3v) is 4.70. The maximum absolute atomic E-state index is 12.0. The summed E-state index contributed by atoms with van der Waals surface area (Å²) in [5.41, 5.74) is 1.50. The van der Waals surface area contributed by atoms with Crippen LogP contribution in [0.1, 0.15) is 19.0 Å². The van der Waals surface area contributed by atoms with Gasteiger partial charge in [0.2, 0.25) is 0 Å². The van der Waals surface area contributed by atoms with E-state index in [-0.39, 0.29) is 24.3 Å². The SMILES string of the molecule is CC(=O)C1CNC(C(=O)OCc2csc(-c3ccccn3)n2)C1. The van der Waals surface area contributed by atoms with Crippen LogP contribution in [0.5, 0.6) is 0 Å². The number of esters is 1. The fourth-order valence-corrected chi connectivity index (χ4v) is 3.23. The second kappa shape index (κ2) is 6.97. The van der Waals surface area contributed by atoms with E-state index in [4.69, 9.17) is 4.74 Å². The minimum atomic E-state index is -0.405. The van der Waals surface area contributed by atoms with Gasteiger partial charge in [0.25, 0.3) is 0 Å². The molecule has 0 spiro atoms. The van der Waals surface area contributed by atoms with E-state index in [0.717, 1.165) is 10.7 Å². The molecule has 3 rings (SSSR count). The van der Waals surface area contributed by atoms with Gasteiger partial charge in [-0.3, -0.25) is 14.6 Å². The fourth-order valence-electron chi connectivity index (χ4n) is 2.45. The van der Waals surface area contributed by atoms with E-state index in [1.807, 2.05) is 23.6 Å². The molecule has 1 aliphatic rings. The first-order chi connectivity index (χ1) is 11.1. The molecule has 2 aromatic heterocycles. The van der Waals surface area contributed by atoms with Crippen LogP contribution in [-0.2, 0) is 20.9 Å². The van der Waals surface area contributed by atoms with Crippen LogP contribution in [0.25, 0.3) is 10.7 Å². The van der Waals surface area contributed by atoms with Crippen molar-refractivity contribution in [3.8, 4) is 10.7 Å². The number of Topliss-reactive ketones (excluding diaryl/α,β-unsaturated/α-hetero) is 1. The Morgan fingerprint density at radius 1 is 1.43 bits per heavy atom. The first-order valence-corrected chi connectivity index (χ1v) is 8.27. The van der Waals surface area contributed by atoms with Gasteiger partial charge in [-0.2, -0.15) is 0 Å². The molecule has 0 saturated carbocycles. The van der Waals surface area contributed by atoms with E-state index in [1.54, 1.807) is 13.1 Å². The van der Waals surface area contributed by atoms with Crippen LogP contribution in [0.2, 0.25) is 0 Å². The van der Waals surface area contributed by atoms with E-state index in [2.05, 4.69) is 15.3 Å². The number of thiazole rings is 1. The molecule has 120 valence electrons. The maximum atomic E-state index is 12.0. The quantitative estimate of drug-likeness (QED) is 0.842. The topological polar surface area (TPSA) is 81.2 Å². The van der Waals surface area contributed by atoms with Gasteiger partial charge in [0.1, 0.15) is 23.4 Å². The highest BCUT2D eigenvalue weighted by molar-refractivity contribution is 7.13. The number of carbonyl (C=O) groups is 2. The highest BCUT2D eigenvalue weighted by Gasteiger charge is 2.32. The lowest BCUT2D eigenvalue weighted by Crippen LogP contribution is -2.32. The molecule has 0 amide bonds. The molecule has 6 nitrogen and oxygen atoms in total. The Labute approximate surface area is 137 Å². The van der Waals surface area contributed by atoms with E-state index < -0.39 is 6.04 Å². The van der Waals surface area contributed by atoms with E-state index in [1.165, 1.54) is 11.3 Å². The Kier molecular flexibility index (Phi) is 4.78. The van der Waals surface area contributed by atoms with Gasteiger partial charge in [-0.25, -0.2) is 4.98 Å². The van der Waals surface area contributed by atoms with Gasteiger partial charge >= 0.3 is 5.97 Å². The van der Waals surface area contributed by atoms with Gasteiger partial charge in [0.05, 0.1) is 11.4 Å². The monoisotopic (exact) mass is 331 g/mol. The fraction of sp³-hybridized carbons (Fsp3) is 0.375. The molecule has 7 heteroatoms. The summed E-state index contributed by atoms with van der Waals surface area (Å²) in [5.74, 6) is -0.323. The number of nitrogens with one attached hydrogen (secondary N) is 1. The number of hydrogen-bond acceptors (Lipinski definition) is 7. The van der Waals surface area contributed by atoms with Crippen molar-refractivity contribution in [2.75, 3.05) is 6.54 Å². The Balaban J connectivity index is 1.54. The lowest BCUT2D eigenvalue weighted by Gasteiger charge is -2.09. The number of rotatable bonds is 5. The maximum Gasteiger partial charge on any atom is 0.323 e. The van der Waals surface area contributed by atoms with Crippen molar-refractivity contribution in [2.45, 2.75) is 26.0 Å². The average molecular weight is 331 g/mol. The van der Waals surface area contributed by atoms with Crippen molar-refractivity contribution < 1.29 is 14.3 Å². The summed E-state index contributed by atoms with van der Waals surface area (Å²) in [7, 11) is 0. The van der Waals surface area contributed by atoms with Crippen molar-refractivity contribution in [1.29, 1.82) is 0 Å². The zero-order valence-electron chi connectivity index (χ0n) is 12.7. The summed E-state index contributed by atoms with van der Waals surface area (Å²) in [4.78, 5) is 32.0. The number of nitrogens with zero attached hydrogens (tertiary/aromatic N) is 2. The predicted molar refractivity (Wildman–Crippen MR) is 85.7 cm³/mol. The number of aromatic nitrogens is 2. The normalized spacial score (nSPS) is 20.4. The van der Waals surface area contributed by atoms with Crippen LogP contribution in [0.15, 0.2) is 29.8 Å². The summed E-state index contributed by atoms with van der Waals surface area (Å²) < 4.78 is 5.30. The van der Waals surface area contributed by atoms with Crippen molar-refractivity contribution in [1.82, 2.24) is 15.3 Å². The van der Waals surface area contributed by atoms with Crippen LogP contribution in [0, 0.1) is 5.92 Å². The van der Waals surface area contributed by atoms with Crippen molar-refractivity contribution in [2.24, 2.45) is 5.92 Å². The highest BCUT2D eigenvalue weighted by atomic mass is 32.1. The third-order valence-electron chi connectivity index (χ3n) is 3.79. The lowest BCUT2D eigenvalue weighted by atomic mass is 10.0. The molecular formula is C16H17N3O3S. The third kappa shape index (κ3) is 3.80. The molecule has 2 aromatic rings. The molecule has 0 radical (unpaired) electrons. The zero-order valence-corrected chi connectivity index (χ0v) is 13.5. The number of pyridine rings is 1. The summed E-state index contributed by atoms with van der Waals surface area (Å²) in [6.45, 7) is 2.22. The number of ether oxygens (including phenoxy) is 1. The van der Waals surface area contributed by atoms with Crippen LogP contribution in [0.4, 0.5) is 0 Å². The molecule has 1 aliphatic heterocycles. The molecule has 23 heavy (non-hydrogen) atoms. The molecule has 3 heterocycles. The smallest absolute Gasteiger partial charge is 0.323 e. The molecule has 0 aromatic carbocycles. The van der Waals surface area contributed by atoms with Gasteiger partial charge in [0.15, 0.2) is 0 Å².